The number of primary amides is 1. The van der Waals surface area contributed by atoms with Crippen LogP contribution in [0.15, 0.2) is 23.1 Å². The van der Waals surface area contributed by atoms with E-state index in [0.717, 1.165) is 31.2 Å². The van der Waals surface area contributed by atoms with Gasteiger partial charge in [0.2, 0.25) is 5.91 Å². The van der Waals surface area contributed by atoms with Crippen LogP contribution in [0.3, 0.4) is 0 Å². The zero-order chi connectivity index (χ0) is 16.1. The Kier molecular flexibility index (Phi) is 6.59. The average molecular weight is 343 g/mol. The fraction of sp³-hybridized carbons (Fsp3) is 0.562. The van der Waals surface area contributed by atoms with Crippen LogP contribution in [0.2, 0.25) is 0 Å². The van der Waals surface area contributed by atoms with Crippen molar-refractivity contribution in [3.8, 4) is 0 Å². The third-order valence-corrected chi connectivity index (χ3v) is 6.03. The largest absolute Gasteiger partial charge is 0.369 e. The molecule has 0 radical (unpaired) electrons. The molecule has 0 aliphatic heterocycles. The minimum Gasteiger partial charge on any atom is -0.369 e. The SMILES string of the molecule is NCCSc1ccc(C(S)C2CCCCC2C(N)=O)cc1F. The maximum Gasteiger partial charge on any atom is 0.220 e. The van der Waals surface area contributed by atoms with Gasteiger partial charge in [-0.1, -0.05) is 18.9 Å². The zero-order valence-electron chi connectivity index (χ0n) is 12.5. The van der Waals surface area contributed by atoms with Gasteiger partial charge in [0.15, 0.2) is 0 Å². The van der Waals surface area contributed by atoms with Crippen LogP contribution in [0.1, 0.15) is 36.5 Å². The van der Waals surface area contributed by atoms with Crippen molar-refractivity contribution >= 4 is 30.3 Å². The molecule has 3 unspecified atom stereocenters. The highest BCUT2D eigenvalue weighted by atomic mass is 32.2. The number of benzene rings is 1. The van der Waals surface area contributed by atoms with Crippen molar-refractivity contribution < 1.29 is 9.18 Å². The summed E-state index contributed by atoms with van der Waals surface area (Å²) >= 11 is 6.08. The van der Waals surface area contributed by atoms with Crippen molar-refractivity contribution in [2.24, 2.45) is 23.3 Å². The van der Waals surface area contributed by atoms with Crippen molar-refractivity contribution in [3.05, 3.63) is 29.6 Å². The first kappa shape index (κ1) is 17.6. The fourth-order valence-electron chi connectivity index (χ4n) is 3.12. The van der Waals surface area contributed by atoms with Gasteiger partial charge in [-0.15, -0.1) is 11.8 Å². The van der Waals surface area contributed by atoms with Gasteiger partial charge in [-0.25, -0.2) is 4.39 Å². The third-order valence-electron chi connectivity index (χ3n) is 4.26. The molecule has 0 heterocycles. The molecule has 1 aliphatic rings. The first-order chi connectivity index (χ1) is 10.5. The van der Waals surface area contributed by atoms with Crippen LogP contribution >= 0.6 is 24.4 Å². The van der Waals surface area contributed by atoms with Crippen molar-refractivity contribution in [1.29, 1.82) is 0 Å². The Balaban J connectivity index is 2.15. The monoisotopic (exact) mass is 342 g/mol. The predicted molar refractivity (Wildman–Crippen MR) is 92.5 cm³/mol. The van der Waals surface area contributed by atoms with Crippen LogP contribution < -0.4 is 11.5 Å². The molecule has 1 aliphatic carbocycles. The Morgan fingerprint density at radius 1 is 1.41 bits per heavy atom. The molecule has 0 spiro atoms. The fourth-order valence-corrected chi connectivity index (χ4v) is 4.34. The number of rotatable bonds is 6. The van der Waals surface area contributed by atoms with E-state index in [1.807, 2.05) is 6.07 Å². The lowest BCUT2D eigenvalue weighted by molar-refractivity contribution is -0.124. The Bertz CT molecular complexity index is 527. The van der Waals surface area contributed by atoms with Crippen molar-refractivity contribution in [2.45, 2.75) is 35.8 Å². The number of hydrogen-bond acceptors (Lipinski definition) is 4. The molecule has 3 nitrogen and oxygen atoms in total. The van der Waals surface area contributed by atoms with Crippen LogP contribution in [-0.4, -0.2) is 18.2 Å². The summed E-state index contributed by atoms with van der Waals surface area (Å²) in [7, 11) is 0. The number of halogens is 1. The molecule has 1 amide bonds. The van der Waals surface area contributed by atoms with Crippen molar-refractivity contribution in [3.63, 3.8) is 0 Å². The minimum atomic E-state index is -0.264. The number of nitrogens with two attached hydrogens (primary N) is 2. The first-order valence-corrected chi connectivity index (χ1v) is 9.14. The molecule has 2 rings (SSSR count). The molecule has 1 aromatic rings. The maximum atomic E-state index is 14.2. The summed E-state index contributed by atoms with van der Waals surface area (Å²) in [6.45, 7) is 0.517. The summed E-state index contributed by atoms with van der Waals surface area (Å²) in [5, 5.41) is -0.166. The van der Waals surface area contributed by atoms with E-state index >= 15 is 0 Å². The highest BCUT2D eigenvalue weighted by Gasteiger charge is 2.34. The van der Waals surface area contributed by atoms with Crippen LogP contribution in [0, 0.1) is 17.7 Å². The molecule has 1 aromatic carbocycles. The third kappa shape index (κ3) is 4.18. The summed E-state index contributed by atoms with van der Waals surface area (Å²) in [6.07, 6.45) is 3.81. The lowest BCUT2D eigenvalue weighted by Crippen LogP contribution is -2.34. The molecule has 6 heteroatoms. The second kappa shape index (κ2) is 8.22. The number of carbonyl (C=O) groups excluding carboxylic acids is 1. The van der Waals surface area contributed by atoms with Gasteiger partial charge in [0, 0.05) is 28.4 Å². The topological polar surface area (TPSA) is 69.1 Å². The van der Waals surface area contributed by atoms with Gasteiger partial charge >= 0.3 is 0 Å². The van der Waals surface area contributed by atoms with Gasteiger partial charge in [0.25, 0.3) is 0 Å². The van der Waals surface area contributed by atoms with Crippen molar-refractivity contribution in [1.82, 2.24) is 0 Å². The van der Waals surface area contributed by atoms with Crippen molar-refractivity contribution in [2.75, 3.05) is 12.3 Å². The Morgan fingerprint density at radius 2 is 2.14 bits per heavy atom. The molecule has 0 saturated heterocycles. The number of carbonyl (C=O) groups is 1. The van der Waals surface area contributed by atoms with Gasteiger partial charge in [-0.2, -0.15) is 12.6 Å². The molecule has 1 fully saturated rings. The summed E-state index contributed by atoms with van der Waals surface area (Å²) in [5.41, 5.74) is 11.8. The predicted octanol–water partition coefficient (Wildman–Crippen LogP) is 3.14. The van der Waals surface area contributed by atoms with Gasteiger partial charge in [0.05, 0.1) is 0 Å². The number of thiol groups is 1. The van der Waals surface area contributed by atoms with Gasteiger partial charge in [-0.3, -0.25) is 4.79 Å². The average Bonchev–Trinajstić information content (AvgIpc) is 2.53. The van der Waals surface area contributed by atoms with E-state index in [9.17, 15) is 9.18 Å². The molecular formula is C16H23FN2OS2. The minimum absolute atomic E-state index is 0.0801. The van der Waals surface area contributed by atoms with Crippen LogP contribution in [0.5, 0.6) is 0 Å². The van der Waals surface area contributed by atoms with Crippen LogP contribution in [0.4, 0.5) is 4.39 Å². The molecule has 1 saturated carbocycles. The van der Waals surface area contributed by atoms with E-state index in [1.54, 1.807) is 6.07 Å². The molecule has 0 aromatic heterocycles. The standard InChI is InChI=1S/C16H23FN2OS2/c17-13-9-10(5-6-14(13)22-8-7-18)15(21)11-3-1-2-4-12(11)16(19)20/h5-6,9,11-12,15,21H,1-4,7-8,18H2,(H2,19,20). The highest BCUT2D eigenvalue weighted by molar-refractivity contribution is 7.99. The van der Waals surface area contributed by atoms with E-state index < -0.39 is 0 Å². The van der Waals surface area contributed by atoms with Crippen LogP contribution in [-0.2, 0) is 4.79 Å². The number of amides is 1. The summed E-state index contributed by atoms with van der Waals surface area (Å²) in [5.74, 6) is 0.0929. The lowest BCUT2D eigenvalue weighted by atomic mass is 9.75. The maximum absolute atomic E-state index is 14.2. The number of thioether (sulfide) groups is 1. The smallest absolute Gasteiger partial charge is 0.220 e. The molecule has 22 heavy (non-hydrogen) atoms. The Labute approximate surface area is 140 Å². The van der Waals surface area contributed by atoms with Crippen LogP contribution in [0.25, 0.3) is 0 Å². The summed E-state index contributed by atoms with van der Waals surface area (Å²) in [4.78, 5) is 12.2. The van der Waals surface area contributed by atoms with Gasteiger partial charge < -0.3 is 11.5 Å². The van der Waals surface area contributed by atoms with E-state index in [4.69, 9.17) is 11.5 Å². The lowest BCUT2D eigenvalue weighted by Gasteiger charge is -2.33. The second-order valence-corrected chi connectivity index (χ2v) is 7.42. The normalized spacial score (nSPS) is 23.2. The number of hydrogen-bond donors (Lipinski definition) is 3. The highest BCUT2D eigenvalue weighted by Crippen LogP contribution is 2.42. The van der Waals surface area contributed by atoms with E-state index in [0.29, 0.717) is 17.2 Å². The first-order valence-electron chi connectivity index (χ1n) is 7.64. The Hall–Kier alpha value is -0.720. The second-order valence-electron chi connectivity index (χ2n) is 5.73. The molecular weight excluding hydrogens is 319 g/mol. The van der Waals surface area contributed by atoms with E-state index in [2.05, 4.69) is 12.6 Å². The zero-order valence-corrected chi connectivity index (χ0v) is 14.2. The molecule has 0 bridgehead atoms. The van der Waals surface area contributed by atoms with Gasteiger partial charge in [-0.05, 0) is 36.5 Å². The van der Waals surface area contributed by atoms with Gasteiger partial charge in [0.1, 0.15) is 5.82 Å². The molecule has 4 N–H and O–H groups in total. The Morgan fingerprint density at radius 3 is 2.77 bits per heavy atom. The summed E-state index contributed by atoms with van der Waals surface area (Å²) < 4.78 is 14.2. The summed E-state index contributed by atoms with van der Waals surface area (Å²) in [6, 6.07) is 5.20. The molecule has 3 atom stereocenters. The van der Waals surface area contributed by atoms with E-state index in [1.165, 1.54) is 17.8 Å². The molecule has 122 valence electrons. The van der Waals surface area contributed by atoms with E-state index in [-0.39, 0.29) is 28.8 Å². The quantitative estimate of drug-likeness (QED) is 0.549.